The summed E-state index contributed by atoms with van der Waals surface area (Å²) in [5, 5.41) is 6.50. The Hall–Kier alpha value is -2.69. The highest BCUT2D eigenvalue weighted by Crippen LogP contribution is 2.34. The van der Waals surface area contributed by atoms with E-state index in [-0.39, 0.29) is 0 Å². The maximum atomic E-state index is 14.0. The second kappa shape index (κ2) is 17.3. The Labute approximate surface area is 246 Å². The number of rotatable bonds is 14. The molecule has 8 nitrogen and oxygen atoms in total. The highest BCUT2D eigenvalue weighted by molar-refractivity contribution is 7.92. The molecule has 2 aromatic rings. The van der Waals surface area contributed by atoms with E-state index in [0.29, 0.717) is 30.1 Å². The number of nitrogens with zero attached hydrogens (tertiary/aromatic N) is 1. The quantitative estimate of drug-likeness (QED) is 0.217. The Morgan fingerprint density at radius 1 is 1.00 bits per heavy atom. The number of sulfone groups is 1. The van der Waals surface area contributed by atoms with Crippen LogP contribution in [-0.2, 0) is 21.0 Å². The molecule has 228 valence electrons. The number of hydrogen-bond acceptors (Lipinski definition) is 8. The average molecular weight is 589 g/mol. The molecule has 1 atom stereocenters. The lowest BCUT2D eigenvalue weighted by Crippen LogP contribution is -2.38. The van der Waals surface area contributed by atoms with Crippen molar-refractivity contribution in [2.45, 2.75) is 63.0 Å². The minimum Gasteiger partial charge on any atom is -0.497 e. The van der Waals surface area contributed by atoms with Crippen LogP contribution in [0.3, 0.4) is 0 Å². The van der Waals surface area contributed by atoms with Crippen molar-refractivity contribution in [3.8, 4) is 11.5 Å². The standard InChI is InChI=1S/C32H45NO5S.H3NO/c1-26(2)7-6-8-27(3)17-18-32(4,39(34,35)31-15-13-29(36-5)14-16-31)25-28-9-11-30(12-10-28)38-24-21-33-19-22-37-23-20-33;1-2/h7,9-17H,6,8,18-25H2,1-5H3;2H,1H2/b27-17+;. The van der Waals surface area contributed by atoms with Crippen LogP contribution in [0.15, 0.2) is 76.7 Å². The lowest BCUT2D eigenvalue weighted by molar-refractivity contribution is 0.0322. The van der Waals surface area contributed by atoms with Gasteiger partial charge in [0.2, 0.25) is 0 Å². The molecular formula is C32H48N2O6S. The van der Waals surface area contributed by atoms with Crippen LogP contribution in [0.25, 0.3) is 0 Å². The fourth-order valence-electron chi connectivity index (χ4n) is 4.65. The summed E-state index contributed by atoms with van der Waals surface area (Å²) < 4.78 is 43.6. The Morgan fingerprint density at radius 2 is 1.61 bits per heavy atom. The van der Waals surface area contributed by atoms with Gasteiger partial charge in [-0.15, -0.1) is 0 Å². The minimum atomic E-state index is -3.65. The summed E-state index contributed by atoms with van der Waals surface area (Å²) in [6.45, 7) is 13.0. The summed E-state index contributed by atoms with van der Waals surface area (Å²) in [5.74, 6) is 4.93. The molecule has 1 unspecified atom stereocenters. The van der Waals surface area contributed by atoms with E-state index >= 15 is 0 Å². The van der Waals surface area contributed by atoms with Gasteiger partial charge in [0.05, 0.1) is 30.0 Å². The Morgan fingerprint density at radius 3 is 2.20 bits per heavy atom. The zero-order valence-electron chi connectivity index (χ0n) is 25.3. The lowest BCUT2D eigenvalue weighted by Gasteiger charge is -2.29. The van der Waals surface area contributed by atoms with Crippen molar-refractivity contribution < 1.29 is 27.8 Å². The molecule has 1 fully saturated rings. The van der Waals surface area contributed by atoms with Gasteiger partial charge in [0.15, 0.2) is 9.84 Å². The third-order valence-corrected chi connectivity index (χ3v) is 9.77. The summed E-state index contributed by atoms with van der Waals surface area (Å²) in [5.41, 5.74) is 3.46. The van der Waals surface area contributed by atoms with Crippen LogP contribution in [0.1, 0.15) is 52.5 Å². The molecule has 0 bridgehead atoms. The SMILES string of the molecule is COc1ccc(S(=O)(=O)C(C)(C/C=C(\C)CCC=C(C)C)Cc2ccc(OCCN3CCOCC3)cc2)cc1.NO. The van der Waals surface area contributed by atoms with E-state index < -0.39 is 14.6 Å². The van der Waals surface area contributed by atoms with Crippen molar-refractivity contribution in [1.82, 2.24) is 4.90 Å². The molecule has 1 heterocycles. The second-order valence-corrected chi connectivity index (χ2v) is 13.3. The molecule has 0 aliphatic carbocycles. The van der Waals surface area contributed by atoms with E-state index in [2.05, 4.69) is 43.7 Å². The fourth-order valence-corrected chi connectivity index (χ4v) is 6.37. The first-order valence-corrected chi connectivity index (χ1v) is 15.6. The van der Waals surface area contributed by atoms with Crippen LogP contribution in [-0.4, -0.2) is 69.8 Å². The van der Waals surface area contributed by atoms with Crippen molar-refractivity contribution >= 4 is 9.84 Å². The van der Waals surface area contributed by atoms with Crippen LogP contribution in [0.2, 0.25) is 0 Å². The normalized spacial score (nSPS) is 15.7. The zero-order chi connectivity index (χ0) is 30.3. The van der Waals surface area contributed by atoms with Gasteiger partial charge in [-0.25, -0.2) is 14.3 Å². The molecule has 3 rings (SSSR count). The largest absolute Gasteiger partial charge is 0.497 e. The highest BCUT2D eigenvalue weighted by atomic mass is 32.2. The van der Waals surface area contributed by atoms with Gasteiger partial charge in [-0.3, -0.25) is 4.90 Å². The van der Waals surface area contributed by atoms with Gasteiger partial charge in [-0.05, 0) is 95.3 Å². The molecule has 1 aliphatic rings. The van der Waals surface area contributed by atoms with Crippen molar-refractivity contribution in [3.63, 3.8) is 0 Å². The monoisotopic (exact) mass is 588 g/mol. The summed E-state index contributed by atoms with van der Waals surface area (Å²) in [7, 11) is -2.07. The Bertz CT molecular complexity index is 1200. The van der Waals surface area contributed by atoms with Gasteiger partial charge < -0.3 is 19.4 Å². The number of benzene rings is 2. The lowest BCUT2D eigenvalue weighted by atomic mass is 9.95. The molecular weight excluding hydrogens is 540 g/mol. The fraction of sp³-hybridized carbons (Fsp3) is 0.500. The molecule has 2 aromatic carbocycles. The van der Waals surface area contributed by atoms with E-state index in [1.807, 2.05) is 31.2 Å². The van der Waals surface area contributed by atoms with Crippen LogP contribution in [0.4, 0.5) is 0 Å². The van der Waals surface area contributed by atoms with Crippen molar-refractivity contribution in [2.24, 2.45) is 5.90 Å². The second-order valence-electron chi connectivity index (χ2n) is 10.8. The van der Waals surface area contributed by atoms with E-state index in [1.54, 1.807) is 31.4 Å². The van der Waals surface area contributed by atoms with E-state index in [0.717, 1.165) is 57.0 Å². The minimum absolute atomic E-state index is 0.310. The summed E-state index contributed by atoms with van der Waals surface area (Å²) >= 11 is 0. The zero-order valence-corrected chi connectivity index (χ0v) is 26.1. The van der Waals surface area contributed by atoms with Crippen LogP contribution in [0.5, 0.6) is 11.5 Å². The van der Waals surface area contributed by atoms with Crippen LogP contribution < -0.4 is 15.4 Å². The smallest absolute Gasteiger partial charge is 0.184 e. The van der Waals surface area contributed by atoms with Gasteiger partial charge in [-0.2, -0.15) is 0 Å². The van der Waals surface area contributed by atoms with Crippen LogP contribution >= 0.6 is 0 Å². The summed E-state index contributed by atoms with van der Waals surface area (Å²) in [6, 6.07) is 14.5. The summed E-state index contributed by atoms with van der Waals surface area (Å²) in [4.78, 5) is 2.65. The average Bonchev–Trinajstić information content (AvgIpc) is 2.98. The van der Waals surface area contributed by atoms with Gasteiger partial charge in [0, 0.05) is 19.6 Å². The number of hydrogen-bond donors (Lipinski definition) is 2. The number of ether oxygens (including phenoxy) is 3. The maximum absolute atomic E-state index is 14.0. The van der Waals surface area contributed by atoms with Crippen LogP contribution in [0, 0.1) is 0 Å². The third-order valence-electron chi connectivity index (χ3n) is 7.27. The Kier molecular flexibility index (Phi) is 14.6. The number of nitrogens with two attached hydrogens (primary N) is 1. The first-order chi connectivity index (χ1) is 19.6. The molecule has 1 aliphatic heterocycles. The van der Waals surface area contributed by atoms with Gasteiger partial charge in [0.25, 0.3) is 0 Å². The molecule has 0 aromatic heterocycles. The number of methoxy groups -OCH3 is 1. The van der Waals surface area contributed by atoms with E-state index in [1.165, 1.54) is 11.1 Å². The predicted molar refractivity (Wildman–Crippen MR) is 164 cm³/mol. The molecule has 0 saturated carbocycles. The molecule has 3 N–H and O–H groups in total. The predicted octanol–water partition coefficient (Wildman–Crippen LogP) is 5.60. The number of morpholine rings is 1. The molecule has 9 heteroatoms. The molecule has 0 radical (unpaired) electrons. The van der Waals surface area contributed by atoms with Gasteiger partial charge in [0.1, 0.15) is 18.1 Å². The van der Waals surface area contributed by atoms with Gasteiger partial charge >= 0.3 is 0 Å². The van der Waals surface area contributed by atoms with Crippen molar-refractivity contribution in [1.29, 1.82) is 0 Å². The van der Waals surface area contributed by atoms with Crippen molar-refractivity contribution in [3.05, 3.63) is 77.4 Å². The number of allylic oxidation sites excluding steroid dienone is 4. The first kappa shape index (κ1) is 34.5. The maximum Gasteiger partial charge on any atom is 0.184 e. The molecule has 0 spiro atoms. The Balaban J connectivity index is 0.00000287. The molecule has 1 saturated heterocycles. The topological polar surface area (TPSA) is 111 Å². The molecule has 0 amide bonds. The van der Waals surface area contributed by atoms with E-state index in [4.69, 9.17) is 19.4 Å². The van der Waals surface area contributed by atoms with Crippen molar-refractivity contribution in [2.75, 3.05) is 46.6 Å². The van der Waals surface area contributed by atoms with E-state index in [9.17, 15) is 8.42 Å². The van der Waals surface area contributed by atoms with Gasteiger partial charge in [-0.1, -0.05) is 35.4 Å². The summed E-state index contributed by atoms with van der Waals surface area (Å²) in [6.07, 6.45) is 7.02. The first-order valence-electron chi connectivity index (χ1n) is 14.1. The highest BCUT2D eigenvalue weighted by Gasteiger charge is 2.39. The third kappa shape index (κ3) is 10.9. The molecule has 41 heavy (non-hydrogen) atoms.